The number of rotatable bonds is 2. The van der Waals surface area contributed by atoms with Crippen molar-refractivity contribution in [3.63, 3.8) is 0 Å². The molecule has 0 aliphatic rings. The van der Waals surface area contributed by atoms with Gasteiger partial charge in [-0.2, -0.15) is 0 Å². The van der Waals surface area contributed by atoms with Gasteiger partial charge in [0.05, 0.1) is 10.7 Å². The van der Waals surface area contributed by atoms with Crippen molar-refractivity contribution in [3.8, 4) is 5.75 Å². The van der Waals surface area contributed by atoms with Gasteiger partial charge in [-0.15, -0.1) is 0 Å². The Morgan fingerprint density at radius 3 is 2.54 bits per heavy atom. The van der Waals surface area contributed by atoms with Gasteiger partial charge in [-0.1, -0.05) is 11.6 Å². The number of benzene rings is 1. The number of nitrogen functional groups attached to an aromatic ring is 1. The second-order valence-electron chi connectivity index (χ2n) is 3.03. The van der Waals surface area contributed by atoms with Crippen molar-refractivity contribution in [2.24, 2.45) is 0 Å². The van der Waals surface area contributed by atoms with Crippen LogP contribution >= 0.6 is 19.0 Å². The summed E-state index contributed by atoms with van der Waals surface area (Å²) in [6, 6.07) is 4.81. The van der Waals surface area contributed by atoms with Crippen molar-refractivity contribution in [1.82, 2.24) is 0 Å². The van der Waals surface area contributed by atoms with Gasteiger partial charge in [-0.25, -0.2) is 0 Å². The van der Waals surface area contributed by atoms with Crippen LogP contribution in [0.25, 0.3) is 0 Å². The molecule has 0 bridgehead atoms. The maximum Gasteiger partial charge on any atom is 0.242 e. The van der Waals surface area contributed by atoms with Gasteiger partial charge in [0, 0.05) is 19.4 Å². The summed E-state index contributed by atoms with van der Waals surface area (Å²) in [7, 11) is -2.52. The summed E-state index contributed by atoms with van der Waals surface area (Å²) in [5, 5.41) is 0.408. The van der Waals surface area contributed by atoms with Gasteiger partial charge in [0.1, 0.15) is 5.75 Å². The second-order valence-corrected chi connectivity index (χ2v) is 6.12. The van der Waals surface area contributed by atoms with Crippen molar-refractivity contribution in [3.05, 3.63) is 23.2 Å². The number of hydrogen-bond donors (Lipinski definition) is 1. The molecule has 3 nitrogen and oxygen atoms in total. The zero-order valence-corrected chi connectivity index (χ0v) is 9.10. The molecule has 0 spiro atoms. The first kappa shape index (κ1) is 10.4. The van der Waals surface area contributed by atoms with E-state index in [-0.39, 0.29) is 0 Å². The third-order valence-electron chi connectivity index (χ3n) is 1.30. The van der Waals surface area contributed by atoms with Crippen molar-refractivity contribution < 1.29 is 9.09 Å². The molecule has 0 aliphatic heterocycles. The molecule has 1 aromatic carbocycles. The lowest BCUT2D eigenvalue weighted by Crippen LogP contribution is -1.90. The Hall–Kier alpha value is -0.660. The van der Waals surface area contributed by atoms with E-state index < -0.39 is 7.37 Å². The van der Waals surface area contributed by atoms with Gasteiger partial charge in [0.15, 0.2) is 0 Å². The lowest BCUT2D eigenvalue weighted by Gasteiger charge is -2.10. The van der Waals surface area contributed by atoms with Crippen LogP contribution < -0.4 is 10.3 Å². The molecule has 0 heterocycles. The van der Waals surface area contributed by atoms with Gasteiger partial charge >= 0.3 is 0 Å². The summed E-state index contributed by atoms with van der Waals surface area (Å²) in [5.41, 5.74) is 5.98. The van der Waals surface area contributed by atoms with Crippen LogP contribution in [0.15, 0.2) is 18.2 Å². The lowest BCUT2D eigenvalue weighted by atomic mass is 10.3. The molecule has 5 heteroatoms. The third-order valence-corrected chi connectivity index (χ3v) is 2.27. The van der Waals surface area contributed by atoms with Gasteiger partial charge in [0.25, 0.3) is 0 Å². The summed E-state index contributed by atoms with van der Waals surface area (Å²) in [4.78, 5) is 0. The summed E-state index contributed by atoms with van der Waals surface area (Å²) in [5.74, 6) is 0.479. The van der Waals surface area contributed by atoms with Crippen LogP contribution in [0.4, 0.5) is 5.69 Å². The minimum absolute atomic E-state index is 0.408. The Morgan fingerprint density at radius 1 is 1.46 bits per heavy atom. The van der Waals surface area contributed by atoms with E-state index in [0.717, 1.165) is 0 Å². The summed E-state index contributed by atoms with van der Waals surface area (Å²) in [6.45, 7) is 3.08. The molecule has 0 aromatic heterocycles. The molecular weight excluding hydrogens is 209 g/mol. The highest BCUT2D eigenvalue weighted by molar-refractivity contribution is 7.57. The minimum atomic E-state index is -2.52. The number of nitrogens with two attached hydrogens (primary N) is 1. The van der Waals surface area contributed by atoms with Crippen LogP contribution in [0.3, 0.4) is 0 Å². The van der Waals surface area contributed by atoms with Gasteiger partial charge in [-0.05, 0) is 12.1 Å². The fraction of sp³-hybridized carbons (Fsp3) is 0.250. The monoisotopic (exact) mass is 219 g/mol. The largest absolute Gasteiger partial charge is 0.443 e. The van der Waals surface area contributed by atoms with Crippen LogP contribution in [0.2, 0.25) is 5.02 Å². The number of halogens is 1. The van der Waals surface area contributed by atoms with Crippen LogP contribution in [0, 0.1) is 0 Å². The van der Waals surface area contributed by atoms with E-state index in [0.29, 0.717) is 16.5 Å². The standard InChI is InChI=1S/C8H11ClNO2P/c1-13(2,11)12-6-3-4-8(10)7(9)5-6/h3-5H,10H2,1-2H3. The van der Waals surface area contributed by atoms with Gasteiger partial charge < -0.3 is 10.3 Å². The van der Waals surface area contributed by atoms with Crippen molar-refractivity contribution >= 4 is 24.7 Å². The molecular formula is C8H11ClNO2P. The molecule has 0 unspecified atom stereocenters. The van der Waals surface area contributed by atoms with E-state index in [4.69, 9.17) is 21.9 Å². The molecule has 72 valence electrons. The fourth-order valence-corrected chi connectivity index (χ4v) is 1.61. The van der Waals surface area contributed by atoms with E-state index in [1.165, 1.54) is 13.3 Å². The van der Waals surface area contributed by atoms with Crippen molar-refractivity contribution in [1.29, 1.82) is 0 Å². The molecule has 1 rings (SSSR count). The first-order valence-electron chi connectivity index (χ1n) is 3.68. The highest BCUT2D eigenvalue weighted by atomic mass is 35.5. The first-order valence-corrected chi connectivity index (χ1v) is 6.58. The maximum atomic E-state index is 11.3. The summed E-state index contributed by atoms with van der Waals surface area (Å²) >= 11 is 5.75. The van der Waals surface area contributed by atoms with Gasteiger partial charge in [-0.3, -0.25) is 4.57 Å². The molecule has 0 atom stereocenters. The Bertz CT molecular complexity index is 361. The summed E-state index contributed by atoms with van der Waals surface area (Å²) < 4.78 is 16.4. The molecule has 13 heavy (non-hydrogen) atoms. The average Bonchev–Trinajstić information content (AvgIpc) is 1.94. The van der Waals surface area contributed by atoms with E-state index in [9.17, 15) is 4.57 Å². The Balaban J connectivity index is 2.92. The average molecular weight is 220 g/mol. The molecule has 0 aliphatic carbocycles. The summed E-state index contributed by atoms with van der Waals surface area (Å²) in [6.07, 6.45) is 0. The highest BCUT2D eigenvalue weighted by Gasteiger charge is 2.09. The van der Waals surface area contributed by atoms with E-state index in [1.807, 2.05) is 0 Å². The van der Waals surface area contributed by atoms with Crippen LogP contribution in [0.1, 0.15) is 0 Å². The van der Waals surface area contributed by atoms with Gasteiger partial charge in [0.2, 0.25) is 7.37 Å². The van der Waals surface area contributed by atoms with Crippen molar-refractivity contribution in [2.45, 2.75) is 0 Å². The normalized spacial score (nSPS) is 11.3. The lowest BCUT2D eigenvalue weighted by molar-refractivity contribution is 0.494. The third kappa shape index (κ3) is 3.29. The number of anilines is 1. The molecule has 2 N–H and O–H groups in total. The molecule has 0 radical (unpaired) electrons. The van der Waals surface area contributed by atoms with Crippen molar-refractivity contribution in [2.75, 3.05) is 19.1 Å². The predicted molar refractivity (Wildman–Crippen MR) is 55.9 cm³/mol. The topological polar surface area (TPSA) is 52.3 Å². The quantitative estimate of drug-likeness (QED) is 0.615. The molecule has 0 fully saturated rings. The smallest absolute Gasteiger partial charge is 0.242 e. The highest BCUT2D eigenvalue weighted by Crippen LogP contribution is 2.39. The van der Waals surface area contributed by atoms with E-state index >= 15 is 0 Å². The van der Waals surface area contributed by atoms with Crippen LogP contribution in [0.5, 0.6) is 5.75 Å². The molecule has 0 saturated heterocycles. The molecule has 1 aromatic rings. The maximum absolute atomic E-state index is 11.3. The number of hydrogen-bond acceptors (Lipinski definition) is 3. The first-order chi connectivity index (χ1) is 5.88. The second kappa shape index (κ2) is 3.60. The SMILES string of the molecule is CP(C)(=O)Oc1ccc(N)c(Cl)c1. The van der Waals surface area contributed by atoms with Crippen LogP contribution in [-0.2, 0) is 4.57 Å². The Morgan fingerprint density at radius 2 is 2.08 bits per heavy atom. The van der Waals surface area contributed by atoms with E-state index in [2.05, 4.69) is 0 Å². The minimum Gasteiger partial charge on any atom is -0.443 e. The molecule has 0 amide bonds. The van der Waals surface area contributed by atoms with E-state index in [1.54, 1.807) is 18.2 Å². The Kier molecular flexibility index (Phi) is 2.89. The predicted octanol–water partition coefficient (Wildman–Crippen LogP) is 2.84. The molecule has 0 saturated carbocycles. The zero-order chi connectivity index (χ0) is 10.1. The zero-order valence-electron chi connectivity index (χ0n) is 7.45. The fourth-order valence-electron chi connectivity index (χ4n) is 0.818. The van der Waals surface area contributed by atoms with Crippen LogP contribution in [-0.4, -0.2) is 13.3 Å². The Labute approximate surface area is 82.3 Å².